The molecule has 0 spiro atoms. The predicted molar refractivity (Wildman–Crippen MR) is 64.9 cm³/mol. The summed E-state index contributed by atoms with van der Waals surface area (Å²) in [5.41, 5.74) is 1.86. The molecule has 2 rings (SSSR count). The summed E-state index contributed by atoms with van der Waals surface area (Å²) in [6, 6.07) is 0. The molecule has 0 aromatic carbocycles. The standard InChI is InChI=1S/C13H20O5/c1-15-12(16-2)7-9-5-6-11(14)10(9)8-13(12,17-3)18-4/h7-8,11,14H,5-6H2,1-4H3. The molecule has 2 aliphatic rings. The Hall–Kier alpha value is -0.720. The Labute approximate surface area is 107 Å². The van der Waals surface area contributed by atoms with Crippen molar-refractivity contribution < 1.29 is 24.1 Å². The number of methoxy groups -OCH3 is 4. The first-order valence-corrected chi connectivity index (χ1v) is 5.91. The molecule has 0 radical (unpaired) electrons. The largest absolute Gasteiger partial charge is 0.388 e. The second-order valence-electron chi connectivity index (χ2n) is 4.48. The molecule has 0 bridgehead atoms. The Morgan fingerprint density at radius 2 is 1.50 bits per heavy atom. The summed E-state index contributed by atoms with van der Waals surface area (Å²) in [7, 11) is 6.12. The lowest BCUT2D eigenvalue weighted by atomic mass is 9.90. The fourth-order valence-electron chi connectivity index (χ4n) is 2.76. The first-order valence-electron chi connectivity index (χ1n) is 5.91. The smallest absolute Gasteiger partial charge is 0.248 e. The molecule has 1 unspecified atom stereocenters. The summed E-state index contributed by atoms with van der Waals surface area (Å²) in [5.74, 6) is -2.33. The molecule has 5 nitrogen and oxygen atoms in total. The predicted octanol–water partition coefficient (Wildman–Crippen LogP) is 0.986. The fraction of sp³-hybridized carbons (Fsp3) is 0.692. The van der Waals surface area contributed by atoms with Gasteiger partial charge in [-0.15, -0.1) is 0 Å². The highest BCUT2D eigenvalue weighted by atomic mass is 16.8. The highest BCUT2D eigenvalue weighted by molar-refractivity contribution is 5.46. The van der Waals surface area contributed by atoms with Crippen LogP contribution in [0.25, 0.3) is 0 Å². The molecule has 0 amide bonds. The minimum absolute atomic E-state index is 0.479. The Bertz CT molecular complexity index is 377. The van der Waals surface area contributed by atoms with E-state index in [1.165, 1.54) is 28.4 Å². The summed E-state index contributed by atoms with van der Waals surface area (Å²) in [5, 5.41) is 9.96. The third-order valence-electron chi connectivity index (χ3n) is 3.83. The number of fused-ring (bicyclic) bond motifs is 1. The Morgan fingerprint density at radius 1 is 1.00 bits per heavy atom. The Kier molecular flexibility index (Phi) is 3.62. The maximum atomic E-state index is 9.96. The van der Waals surface area contributed by atoms with Gasteiger partial charge in [0.1, 0.15) is 0 Å². The van der Waals surface area contributed by atoms with E-state index in [1.807, 2.05) is 6.08 Å². The minimum atomic E-state index is -1.19. The van der Waals surface area contributed by atoms with Crippen LogP contribution in [-0.2, 0) is 18.9 Å². The molecule has 2 aliphatic carbocycles. The molecule has 1 fully saturated rings. The monoisotopic (exact) mass is 256 g/mol. The molecule has 0 aromatic heterocycles. The van der Waals surface area contributed by atoms with Crippen LogP contribution in [0.15, 0.2) is 23.3 Å². The van der Waals surface area contributed by atoms with E-state index in [2.05, 4.69) is 0 Å². The molecule has 5 heteroatoms. The van der Waals surface area contributed by atoms with Gasteiger partial charge in [-0.25, -0.2) is 0 Å². The van der Waals surface area contributed by atoms with Crippen molar-refractivity contribution in [1.82, 2.24) is 0 Å². The molecule has 1 N–H and O–H groups in total. The lowest BCUT2D eigenvalue weighted by Crippen LogP contribution is -2.58. The van der Waals surface area contributed by atoms with Crippen LogP contribution >= 0.6 is 0 Å². The van der Waals surface area contributed by atoms with Crippen LogP contribution in [0.1, 0.15) is 12.8 Å². The van der Waals surface area contributed by atoms with Crippen LogP contribution in [-0.4, -0.2) is 51.2 Å². The zero-order valence-electron chi connectivity index (χ0n) is 11.2. The number of ether oxygens (including phenoxy) is 4. The average molecular weight is 256 g/mol. The lowest BCUT2D eigenvalue weighted by molar-refractivity contribution is -0.345. The highest BCUT2D eigenvalue weighted by Crippen LogP contribution is 2.45. The summed E-state index contributed by atoms with van der Waals surface area (Å²) in [4.78, 5) is 0. The molecule has 1 atom stereocenters. The third kappa shape index (κ3) is 1.66. The van der Waals surface area contributed by atoms with Gasteiger partial charge in [-0.3, -0.25) is 0 Å². The molecular weight excluding hydrogens is 236 g/mol. The van der Waals surface area contributed by atoms with Crippen LogP contribution < -0.4 is 0 Å². The van der Waals surface area contributed by atoms with Gasteiger partial charge in [0.15, 0.2) is 0 Å². The van der Waals surface area contributed by atoms with E-state index in [9.17, 15) is 5.11 Å². The van der Waals surface area contributed by atoms with Gasteiger partial charge < -0.3 is 24.1 Å². The zero-order chi connectivity index (χ0) is 13.4. The van der Waals surface area contributed by atoms with E-state index >= 15 is 0 Å². The Balaban J connectivity index is 2.55. The van der Waals surface area contributed by atoms with Crippen molar-refractivity contribution in [1.29, 1.82) is 0 Å². The normalized spacial score (nSPS) is 28.6. The zero-order valence-corrected chi connectivity index (χ0v) is 11.2. The fourth-order valence-corrected chi connectivity index (χ4v) is 2.76. The van der Waals surface area contributed by atoms with Crippen molar-refractivity contribution in [2.24, 2.45) is 0 Å². The van der Waals surface area contributed by atoms with E-state index in [4.69, 9.17) is 18.9 Å². The van der Waals surface area contributed by atoms with Crippen molar-refractivity contribution in [2.45, 2.75) is 30.5 Å². The van der Waals surface area contributed by atoms with Gasteiger partial charge in [0.05, 0.1) is 6.10 Å². The molecule has 102 valence electrons. The molecule has 0 aliphatic heterocycles. The highest BCUT2D eigenvalue weighted by Gasteiger charge is 2.55. The summed E-state index contributed by atoms with van der Waals surface area (Å²) in [6.07, 6.45) is 4.61. The molecule has 0 heterocycles. The van der Waals surface area contributed by atoms with Gasteiger partial charge in [-0.05, 0) is 36.1 Å². The van der Waals surface area contributed by atoms with Gasteiger partial charge in [0, 0.05) is 28.4 Å². The molecule has 0 saturated heterocycles. The first kappa shape index (κ1) is 13.7. The maximum Gasteiger partial charge on any atom is 0.248 e. The van der Waals surface area contributed by atoms with Crippen LogP contribution in [0, 0.1) is 0 Å². The lowest BCUT2D eigenvalue weighted by Gasteiger charge is -2.45. The SMILES string of the molecule is COC1(OC)C=C2CCC(O)C2=CC1(OC)OC. The Morgan fingerprint density at radius 3 is 2.00 bits per heavy atom. The van der Waals surface area contributed by atoms with E-state index < -0.39 is 17.7 Å². The quantitative estimate of drug-likeness (QED) is 0.760. The number of hydrogen-bond donors (Lipinski definition) is 1. The van der Waals surface area contributed by atoms with Gasteiger partial charge in [-0.1, -0.05) is 0 Å². The van der Waals surface area contributed by atoms with Crippen molar-refractivity contribution in [3.63, 3.8) is 0 Å². The summed E-state index contributed by atoms with van der Waals surface area (Å²) < 4.78 is 21.9. The van der Waals surface area contributed by atoms with Gasteiger partial charge in [0.2, 0.25) is 11.6 Å². The summed E-state index contributed by atoms with van der Waals surface area (Å²) in [6.45, 7) is 0. The van der Waals surface area contributed by atoms with Crippen LogP contribution in [0.4, 0.5) is 0 Å². The molecule has 0 aromatic rings. The topological polar surface area (TPSA) is 57.2 Å². The summed E-state index contributed by atoms with van der Waals surface area (Å²) >= 11 is 0. The molecular formula is C13H20O5. The van der Waals surface area contributed by atoms with Crippen LogP contribution in [0.5, 0.6) is 0 Å². The van der Waals surface area contributed by atoms with Crippen molar-refractivity contribution in [2.75, 3.05) is 28.4 Å². The third-order valence-corrected chi connectivity index (χ3v) is 3.83. The van der Waals surface area contributed by atoms with Gasteiger partial charge in [0.25, 0.3) is 0 Å². The maximum absolute atomic E-state index is 9.96. The second kappa shape index (κ2) is 4.75. The number of hydrogen-bond acceptors (Lipinski definition) is 5. The van der Waals surface area contributed by atoms with Crippen LogP contribution in [0.2, 0.25) is 0 Å². The van der Waals surface area contributed by atoms with Crippen molar-refractivity contribution in [3.05, 3.63) is 23.3 Å². The average Bonchev–Trinajstić information content (AvgIpc) is 2.77. The molecule has 1 saturated carbocycles. The number of aliphatic hydroxyl groups is 1. The van der Waals surface area contributed by atoms with Crippen molar-refractivity contribution >= 4 is 0 Å². The van der Waals surface area contributed by atoms with Gasteiger partial charge in [-0.2, -0.15) is 0 Å². The van der Waals surface area contributed by atoms with E-state index in [-0.39, 0.29) is 0 Å². The van der Waals surface area contributed by atoms with Gasteiger partial charge >= 0.3 is 0 Å². The van der Waals surface area contributed by atoms with E-state index in [0.29, 0.717) is 6.42 Å². The minimum Gasteiger partial charge on any atom is -0.388 e. The van der Waals surface area contributed by atoms with E-state index in [1.54, 1.807) is 6.08 Å². The van der Waals surface area contributed by atoms with Crippen molar-refractivity contribution in [3.8, 4) is 0 Å². The van der Waals surface area contributed by atoms with Crippen LogP contribution in [0.3, 0.4) is 0 Å². The first-order chi connectivity index (χ1) is 8.58. The number of aliphatic hydroxyl groups excluding tert-OH is 1. The second-order valence-corrected chi connectivity index (χ2v) is 4.48. The number of rotatable bonds is 4. The van der Waals surface area contributed by atoms with E-state index in [0.717, 1.165) is 17.6 Å². The molecule has 18 heavy (non-hydrogen) atoms.